The van der Waals surface area contributed by atoms with Crippen LogP contribution in [0.2, 0.25) is 0 Å². The van der Waals surface area contributed by atoms with Crippen LogP contribution in [0.1, 0.15) is 37.5 Å². The van der Waals surface area contributed by atoms with Crippen molar-refractivity contribution in [3.8, 4) is 39.8 Å². The van der Waals surface area contributed by atoms with Gasteiger partial charge in [0, 0.05) is 31.7 Å². The number of hydrogen-bond acceptors (Lipinski definition) is 15. The summed E-state index contributed by atoms with van der Waals surface area (Å²) in [5.41, 5.74) is 2.09. The number of hydrogen-bond donors (Lipinski definition) is 3. The molecule has 2 heterocycles. The zero-order valence-electron chi connectivity index (χ0n) is 37.8. The van der Waals surface area contributed by atoms with Gasteiger partial charge in [0.1, 0.15) is 32.6 Å². The Morgan fingerprint density at radius 3 is 1.93 bits per heavy atom. The van der Waals surface area contributed by atoms with Crippen LogP contribution in [0.15, 0.2) is 117 Å². The number of rotatable bonds is 19. The van der Waals surface area contributed by atoms with E-state index in [1.165, 1.54) is 46.8 Å². The number of aromatic nitrogens is 5. The number of thiazole rings is 1. The highest BCUT2D eigenvalue weighted by molar-refractivity contribution is 9.11. The predicted octanol–water partition coefficient (Wildman–Crippen LogP) is 7.01. The molecule has 22 heteroatoms. The number of benzene rings is 5. The Morgan fingerprint density at radius 1 is 0.794 bits per heavy atom. The molecule has 0 unspecified atom stereocenters. The number of para-hydroxylation sites is 1. The number of carbonyl (C=O) groups excluding carboxylic acids is 1. The van der Waals surface area contributed by atoms with Crippen LogP contribution in [-0.2, 0) is 44.4 Å². The third kappa shape index (κ3) is 12.0. The first kappa shape index (κ1) is 49.9. The van der Waals surface area contributed by atoms with Crippen molar-refractivity contribution in [1.82, 2.24) is 39.5 Å². The van der Waals surface area contributed by atoms with Crippen molar-refractivity contribution in [2.75, 3.05) is 34.4 Å². The van der Waals surface area contributed by atoms with E-state index >= 15 is 8.42 Å². The first-order valence-corrected chi connectivity index (χ1v) is 25.4. The van der Waals surface area contributed by atoms with Crippen molar-refractivity contribution in [2.24, 2.45) is 0 Å². The largest absolute Gasteiger partial charge is 0.497 e. The van der Waals surface area contributed by atoms with Crippen LogP contribution in [0, 0.1) is 0 Å². The van der Waals surface area contributed by atoms with Gasteiger partial charge in [-0.2, -0.15) is 9.10 Å². The maximum atomic E-state index is 16.0. The lowest BCUT2D eigenvalue weighted by atomic mass is 9.98. The second-order valence-electron chi connectivity index (χ2n) is 16.3. The number of fused-ring (bicyclic) bond motifs is 1. The Balaban J connectivity index is 1.44. The number of carbonyl (C=O) groups is 1. The fourth-order valence-corrected chi connectivity index (χ4v) is 11.9. The van der Waals surface area contributed by atoms with Crippen LogP contribution < -0.4 is 24.2 Å². The number of tetrazole rings is 1. The number of nitrogens with one attached hydrogen (secondary N) is 2. The van der Waals surface area contributed by atoms with Crippen LogP contribution in [0.5, 0.6) is 17.2 Å². The maximum Gasteiger partial charge on any atom is 0.407 e. The zero-order chi connectivity index (χ0) is 48.8. The van der Waals surface area contributed by atoms with Gasteiger partial charge >= 0.3 is 6.09 Å². The van der Waals surface area contributed by atoms with E-state index in [4.69, 9.17) is 29.0 Å². The molecule has 18 nitrogen and oxygen atoms in total. The lowest BCUT2D eigenvalue weighted by Gasteiger charge is -2.26. The Kier molecular flexibility index (Phi) is 15.5. The minimum Gasteiger partial charge on any atom is -0.497 e. The highest BCUT2D eigenvalue weighted by Gasteiger charge is 2.38. The molecule has 358 valence electrons. The predicted molar refractivity (Wildman–Crippen MR) is 260 cm³/mol. The summed E-state index contributed by atoms with van der Waals surface area (Å²) in [5, 5.41) is 26.8. The summed E-state index contributed by atoms with van der Waals surface area (Å²) in [4.78, 5) is 17.0. The van der Waals surface area contributed by atoms with Crippen molar-refractivity contribution < 1.29 is 45.7 Å². The summed E-state index contributed by atoms with van der Waals surface area (Å²) < 4.78 is 87.9. The number of aliphatic hydroxyl groups excluding tert-OH is 1. The minimum atomic E-state index is -4.98. The Hall–Kier alpha value is -6.01. The lowest BCUT2D eigenvalue weighted by molar-refractivity contribution is 0.0494. The van der Waals surface area contributed by atoms with E-state index in [0.717, 1.165) is 10.3 Å². The molecule has 0 saturated heterocycles. The summed E-state index contributed by atoms with van der Waals surface area (Å²) in [7, 11) is -5.25. The molecular weight excluding hydrogens is 1000 g/mol. The average Bonchev–Trinajstić information content (AvgIpc) is 3.95. The Labute approximate surface area is 406 Å². The van der Waals surface area contributed by atoms with Crippen LogP contribution in [0.4, 0.5) is 4.79 Å². The third-order valence-corrected chi connectivity index (χ3v) is 15.2. The molecule has 7 aromatic rings. The molecule has 3 N–H and O–H groups in total. The summed E-state index contributed by atoms with van der Waals surface area (Å²) in [5.74, 6) is 1.52. The van der Waals surface area contributed by atoms with Crippen molar-refractivity contribution >= 4 is 63.6 Å². The molecule has 5 aromatic carbocycles. The summed E-state index contributed by atoms with van der Waals surface area (Å²) in [6.07, 6.45) is -2.28. The molecule has 0 aliphatic rings. The summed E-state index contributed by atoms with van der Waals surface area (Å²) in [6.45, 7) is 3.66. The number of sulfonamides is 2. The Bertz CT molecular complexity index is 3060. The normalized spacial score (nSPS) is 12.5. The number of methoxy groups -OCH3 is 3. The number of nitrogens with zero attached hydrogens (tertiary/aromatic N) is 6. The molecule has 0 fully saturated rings. The van der Waals surface area contributed by atoms with Crippen molar-refractivity contribution in [2.45, 2.75) is 61.9 Å². The number of aliphatic hydroxyl groups is 1. The van der Waals surface area contributed by atoms with E-state index in [2.05, 4.69) is 36.3 Å². The SMILES string of the molecule is COc1ccc(CN(Cc2ccc(OC)cc2)S(=O)(=O)c2c(S(=O)(=O)NC[C@H](O)CNC(=O)OC(C)(C)C)ccc(-c3cccc4sc(Br)nc34)c2-c2nnn(Cc3ccc(OC)cc3)n2)cc1. The van der Waals surface area contributed by atoms with E-state index in [0.29, 0.717) is 43.4 Å². The smallest absolute Gasteiger partial charge is 0.407 e. The van der Waals surface area contributed by atoms with E-state index in [1.807, 2.05) is 18.2 Å². The standard InChI is InChI=1S/C46H49BrN8O10S3/c1-46(2,3)65-45(57)48-24-32(56)25-49-67(58,59)39-23-22-36(37-8-7-9-38-41(37)50-44(47)66-38)40(43-51-53-55(52-43)28-31-14-20-35(64-6)21-15-31)42(39)68(60,61)54(26-29-10-16-33(62-4)17-11-29)27-30-12-18-34(63-5)19-13-30/h7-23,32,49,56H,24-28H2,1-6H3,(H,48,57)/t32-/m1/s1. The molecule has 0 aliphatic carbocycles. The molecule has 0 saturated carbocycles. The first-order valence-electron chi connectivity index (χ1n) is 20.9. The van der Waals surface area contributed by atoms with Gasteiger partial charge in [-0.25, -0.2) is 31.3 Å². The van der Waals surface area contributed by atoms with Crippen LogP contribution in [0.25, 0.3) is 32.7 Å². The topological polar surface area (TPSA) is 226 Å². The third-order valence-electron chi connectivity index (χ3n) is 10.3. The molecule has 1 amide bonds. The lowest BCUT2D eigenvalue weighted by Crippen LogP contribution is -2.42. The van der Waals surface area contributed by atoms with Crippen molar-refractivity contribution in [1.29, 1.82) is 0 Å². The van der Waals surface area contributed by atoms with Gasteiger partial charge in [-0.15, -0.1) is 21.5 Å². The molecule has 0 aliphatic heterocycles. The number of halogens is 1. The summed E-state index contributed by atoms with van der Waals surface area (Å²) >= 11 is 4.85. The highest BCUT2D eigenvalue weighted by Crippen LogP contribution is 2.44. The number of alkyl carbamates (subject to hydrolysis) is 1. The first-order chi connectivity index (χ1) is 32.4. The van der Waals surface area contributed by atoms with Crippen molar-refractivity contribution in [3.63, 3.8) is 0 Å². The molecule has 0 radical (unpaired) electrons. The monoisotopic (exact) mass is 1050 g/mol. The van der Waals surface area contributed by atoms with Gasteiger partial charge in [0.15, 0.2) is 3.92 Å². The highest BCUT2D eigenvalue weighted by atomic mass is 79.9. The van der Waals surface area contributed by atoms with E-state index in [-0.39, 0.29) is 36.6 Å². The van der Waals surface area contributed by atoms with Gasteiger partial charge in [0.05, 0.1) is 49.8 Å². The van der Waals surface area contributed by atoms with E-state index in [9.17, 15) is 18.3 Å². The molecule has 0 bridgehead atoms. The fraction of sp³-hybridized carbons (Fsp3) is 0.283. The molecule has 2 aromatic heterocycles. The molecular formula is C46H49BrN8O10S3. The van der Waals surface area contributed by atoms with Gasteiger partial charge < -0.3 is 29.4 Å². The fourth-order valence-electron chi connectivity index (χ4n) is 7.02. The van der Waals surface area contributed by atoms with Crippen LogP contribution >= 0.6 is 27.3 Å². The van der Waals surface area contributed by atoms with E-state index < -0.39 is 60.7 Å². The van der Waals surface area contributed by atoms with Crippen LogP contribution in [0.3, 0.4) is 0 Å². The number of amides is 1. The van der Waals surface area contributed by atoms with Crippen LogP contribution in [-0.4, -0.2) is 104 Å². The summed E-state index contributed by atoms with van der Waals surface area (Å²) in [6, 6.07) is 28.9. The van der Waals surface area contributed by atoms with Gasteiger partial charge in [-0.1, -0.05) is 54.6 Å². The average molecular weight is 1050 g/mol. The minimum absolute atomic E-state index is 0.110. The zero-order valence-corrected chi connectivity index (χ0v) is 41.9. The van der Waals surface area contributed by atoms with Gasteiger partial charge in [0.25, 0.3) is 0 Å². The van der Waals surface area contributed by atoms with Gasteiger partial charge in [-0.05, 0) is 113 Å². The van der Waals surface area contributed by atoms with Gasteiger partial charge in [0.2, 0.25) is 25.9 Å². The Morgan fingerprint density at radius 2 is 1.37 bits per heavy atom. The maximum absolute atomic E-state index is 16.0. The van der Waals surface area contributed by atoms with E-state index in [1.54, 1.807) is 101 Å². The van der Waals surface area contributed by atoms with Gasteiger partial charge in [-0.3, -0.25) is 0 Å². The molecule has 0 spiro atoms. The number of ether oxygens (including phenoxy) is 4. The molecule has 7 rings (SSSR count). The molecule has 68 heavy (non-hydrogen) atoms. The second kappa shape index (κ2) is 21.1. The second-order valence-corrected chi connectivity index (χ2v) is 22.2. The van der Waals surface area contributed by atoms with Crippen molar-refractivity contribution in [3.05, 3.63) is 124 Å². The quantitative estimate of drug-likeness (QED) is 0.0741. The molecule has 1 atom stereocenters.